The van der Waals surface area contributed by atoms with Gasteiger partial charge < -0.3 is 9.84 Å². The summed E-state index contributed by atoms with van der Waals surface area (Å²) in [4.78, 5) is 21.7. The zero-order valence-electron chi connectivity index (χ0n) is 9.07. The third kappa shape index (κ3) is 2.13. The zero-order valence-corrected chi connectivity index (χ0v) is 9.07. The maximum absolute atomic E-state index is 13.2. The van der Waals surface area contributed by atoms with Crippen molar-refractivity contribution in [3.8, 4) is 0 Å². The molecule has 2 atom stereocenters. The monoisotopic (exact) mass is 228 g/mol. The predicted octanol–water partition coefficient (Wildman–Crippen LogP) is 1.88. The number of carbonyl (C=O) groups excluding carboxylic acids is 1. The van der Waals surface area contributed by atoms with Crippen molar-refractivity contribution in [1.29, 1.82) is 0 Å². The van der Waals surface area contributed by atoms with E-state index in [1.807, 2.05) is 0 Å². The Labute approximate surface area is 92.4 Å². The van der Waals surface area contributed by atoms with E-state index in [0.29, 0.717) is 0 Å². The van der Waals surface area contributed by atoms with Crippen LogP contribution in [0.25, 0.3) is 0 Å². The number of allylic oxidation sites excluding steroid dienone is 1. The predicted molar refractivity (Wildman–Crippen MR) is 53.9 cm³/mol. The van der Waals surface area contributed by atoms with E-state index < -0.39 is 35.0 Å². The van der Waals surface area contributed by atoms with E-state index in [2.05, 4.69) is 11.3 Å². The number of hydrogen-bond acceptors (Lipinski definition) is 3. The summed E-state index contributed by atoms with van der Waals surface area (Å²) in [5.41, 5.74) is -0.530. The molecule has 1 saturated carbocycles. The van der Waals surface area contributed by atoms with Gasteiger partial charge in [0.25, 0.3) is 0 Å². The standard InChI is InChI=1S/C11H13FO4/c1-4-16-10(15)7(12)5-6-8(9(13)14)11(6,2)3/h4-6,8H,1H2,2-3H3,(H,13,14)/b7-5+/t6-,8-/m0/s1. The van der Waals surface area contributed by atoms with E-state index >= 15 is 0 Å². The average molecular weight is 228 g/mol. The van der Waals surface area contributed by atoms with Gasteiger partial charge in [0.05, 0.1) is 12.2 Å². The first-order chi connectivity index (χ1) is 7.32. The number of esters is 1. The van der Waals surface area contributed by atoms with Gasteiger partial charge >= 0.3 is 11.9 Å². The highest BCUT2D eigenvalue weighted by atomic mass is 19.1. The van der Waals surface area contributed by atoms with Crippen molar-refractivity contribution < 1.29 is 23.8 Å². The average Bonchev–Trinajstić information content (AvgIpc) is 2.68. The minimum Gasteiger partial charge on any atom is -0.481 e. The SMILES string of the molecule is C=COC(=O)/C(F)=C\[C@H]1[C@@H](C(=O)O)C1(C)C. The fourth-order valence-electron chi connectivity index (χ4n) is 1.82. The zero-order chi connectivity index (χ0) is 12.5. The number of carbonyl (C=O) groups is 2. The molecule has 0 saturated heterocycles. The molecule has 1 rings (SSSR count). The van der Waals surface area contributed by atoms with Crippen molar-refractivity contribution >= 4 is 11.9 Å². The first kappa shape index (κ1) is 12.4. The molecule has 0 aromatic carbocycles. The third-order valence-corrected chi connectivity index (χ3v) is 2.89. The molecular weight excluding hydrogens is 215 g/mol. The summed E-state index contributed by atoms with van der Waals surface area (Å²) in [5.74, 6) is -4.36. The molecule has 0 amide bonds. The number of hydrogen-bond donors (Lipinski definition) is 1. The lowest BCUT2D eigenvalue weighted by atomic mass is 10.1. The molecule has 1 fully saturated rings. The summed E-state index contributed by atoms with van der Waals surface area (Å²) in [6, 6.07) is 0. The van der Waals surface area contributed by atoms with Crippen LogP contribution in [0.2, 0.25) is 0 Å². The second-order valence-corrected chi connectivity index (χ2v) is 4.25. The van der Waals surface area contributed by atoms with E-state index in [4.69, 9.17) is 5.11 Å². The summed E-state index contributed by atoms with van der Waals surface area (Å²) in [6.45, 7) is 6.53. The lowest BCUT2D eigenvalue weighted by molar-refractivity contribution is -0.139. The number of rotatable bonds is 4. The van der Waals surface area contributed by atoms with E-state index in [9.17, 15) is 14.0 Å². The van der Waals surface area contributed by atoms with Gasteiger partial charge in [0.1, 0.15) is 0 Å². The van der Waals surface area contributed by atoms with Crippen molar-refractivity contribution in [3.63, 3.8) is 0 Å². The van der Waals surface area contributed by atoms with E-state index in [-0.39, 0.29) is 0 Å². The van der Waals surface area contributed by atoms with Crippen LogP contribution in [0.5, 0.6) is 0 Å². The molecule has 5 heteroatoms. The Morgan fingerprint density at radius 1 is 1.50 bits per heavy atom. The summed E-state index contributed by atoms with van der Waals surface area (Å²) in [5, 5.41) is 8.83. The van der Waals surface area contributed by atoms with Gasteiger partial charge in [-0.25, -0.2) is 4.79 Å². The smallest absolute Gasteiger partial charge is 0.371 e. The molecule has 0 aliphatic heterocycles. The molecule has 0 heterocycles. The highest BCUT2D eigenvalue weighted by Gasteiger charge is 2.61. The number of carboxylic acids is 1. The van der Waals surface area contributed by atoms with Gasteiger partial charge in [-0.1, -0.05) is 20.4 Å². The highest BCUT2D eigenvalue weighted by Crippen LogP contribution is 2.59. The maximum atomic E-state index is 13.2. The molecule has 1 aliphatic rings. The van der Waals surface area contributed by atoms with Crippen LogP contribution in [-0.4, -0.2) is 17.0 Å². The molecule has 88 valence electrons. The Morgan fingerprint density at radius 3 is 2.44 bits per heavy atom. The van der Waals surface area contributed by atoms with Gasteiger partial charge in [-0.3, -0.25) is 4.79 Å². The number of ether oxygens (including phenoxy) is 1. The first-order valence-electron chi connectivity index (χ1n) is 4.74. The van der Waals surface area contributed by atoms with Gasteiger partial charge in [-0.15, -0.1) is 0 Å². The van der Waals surface area contributed by atoms with Crippen LogP contribution in [-0.2, 0) is 14.3 Å². The van der Waals surface area contributed by atoms with Gasteiger partial charge in [-0.2, -0.15) is 4.39 Å². The Bertz CT molecular complexity index is 370. The van der Waals surface area contributed by atoms with E-state index in [0.717, 1.165) is 12.3 Å². The van der Waals surface area contributed by atoms with E-state index in [1.54, 1.807) is 13.8 Å². The Hall–Kier alpha value is -1.65. The molecule has 0 spiro atoms. The molecule has 0 aromatic rings. The summed E-state index contributed by atoms with van der Waals surface area (Å²) in [6.07, 6.45) is 1.83. The fraction of sp³-hybridized carbons (Fsp3) is 0.455. The Kier molecular flexibility index (Phi) is 3.16. The second kappa shape index (κ2) is 4.08. The second-order valence-electron chi connectivity index (χ2n) is 4.25. The van der Waals surface area contributed by atoms with Crippen LogP contribution in [0.15, 0.2) is 24.7 Å². The largest absolute Gasteiger partial charge is 0.481 e. The quantitative estimate of drug-likeness (QED) is 0.453. The van der Waals surface area contributed by atoms with Crippen molar-refractivity contribution in [2.75, 3.05) is 0 Å². The fourth-order valence-corrected chi connectivity index (χ4v) is 1.82. The van der Waals surface area contributed by atoms with Crippen LogP contribution < -0.4 is 0 Å². The summed E-state index contributed by atoms with van der Waals surface area (Å²) in [7, 11) is 0. The summed E-state index contributed by atoms with van der Waals surface area (Å²) < 4.78 is 17.4. The van der Waals surface area contributed by atoms with Gasteiger partial charge in [0.15, 0.2) is 0 Å². The lowest BCUT2D eigenvalue weighted by Crippen LogP contribution is -2.03. The lowest BCUT2D eigenvalue weighted by Gasteiger charge is -1.97. The molecule has 4 nitrogen and oxygen atoms in total. The van der Waals surface area contributed by atoms with Crippen molar-refractivity contribution in [1.82, 2.24) is 0 Å². The topological polar surface area (TPSA) is 63.6 Å². The van der Waals surface area contributed by atoms with Crippen molar-refractivity contribution in [3.05, 3.63) is 24.7 Å². The molecule has 0 bridgehead atoms. The maximum Gasteiger partial charge on any atom is 0.371 e. The van der Waals surface area contributed by atoms with Gasteiger partial charge in [-0.05, 0) is 17.4 Å². The normalized spacial score (nSPS) is 27.1. The third-order valence-electron chi connectivity index (χ3n) is 2.89. The molecular formula is C11H13FO4. The molecule has 0 unspecified atom stereocenters. The van der Waals surface area contributed by atoms with Crippen molar-refractivity contribution in [2.45, 2.75) is 13.8 Å². The molecule has 0 aromatic heterocycles. The highest BCUT2D eigenvalue weighted by molar-refractivity contribution is 5.87. The van der Waals surface area contributed by atoms with Gasteiger partial charge in [0, 0.05) is 0 Å². The van der Waals surface area contributed by atoms with Crippen LogP contribution in [0.1, 0.15) is 13.8 Å². The molecule has 16 heavy (non-hydrogen) atoms. The van der Waals surface area contributed by atoms with E-state index in [1.165, 1.54) is 0 Å². The molecule has 1 N–H and O–H groups in total. The van der Waals surface area contributed by atoms with Crippen LogP contribution in [0, 0.1) is 17.3 Å². The van der Waals surface area contributed by atoms with Gasteiger partial charge in [0.2, 0.25) is 5.83 Å². The minimum atomic E-state index is -1.15. The Morgan fingerprint density at radius 2 is 2.06 bits per heavy atom. The van der Waals surface area contributed by atoms with Crippen LogP contribution in [0.4, 0.5) is 4.39 Å². The molecule has 0 radical (unpaired) electrons. The minimum absolute atomic E-state index is 0.484. The van der Waals surface area contributed by atoms with Crippen LogP contribution in [0.3, 0.4) is 0 Å². The number of halogens is 1. The van der Waals surface area contributed by atoms with Crippen LogP contribution >= 0.6 is 0 Å². The summed E-state index contributed by atoms with van der Waals surface area (Å²) >= 11 is 0. The molecule has 1 aliphatic carbocycles. The number of carboxylic acid groups (broad SMARTS) is 1. The number of aliphatic carboxylic acids is 1. The first-order valence-corrected chi connectivity index (χ1v) is 4.74. The Balaban J connectivity index is 2.75. The van der Waals surface area contributed by atoms with Crippen molar-refractivity contribution in [2.24, 2.45) is 17.3 Å².